The molecule has 2 N–H and O–H groups in total. The molecule has 0 heterocycles. The first-order chi connectivity index (χ1) is 13.2. The summed E-state index contributed by atoms with van der Waals surface area (Å²) >= 11 is 0. The van der Waals surface area contributed by atoms with Crippen LogP contribution in [-0.2, 0) is 14.4 Å². The van der Waals surface area contributed by atoms with Gasteiger partial charge in [-0.2, -0.15) is 5.90 Å². The first-order valence-corrected chi connectivity index (χ1v) is 8.43. The number of rotatable bonds is 7. The van der Waals surface area contributed by atoms with E-state index in [1.165, 1.54) is 26.8 Å². The lowest BCUT2D eigenvalue weighted by Gasteiger charge is -2.22. The van der Waals surface area contributed by atoms with Crippen LogP contribution in [0.5, 0.6) is 11.5 Å². The van der Waals surface area contributed by atoms with Gasteiger partial charge in [-0.3, -0.25) is 9.59 Å². The van der Waals surface area contributed by atoms with Crippen molar-refractivity contribution < 1.29 is 28.7 Å². The summed E-state index contributed by atoms with van der Waals surface area (Å²) in [7, 11) is 0. The molecule has 0 bridgehead atoms. The summed E-state index contributed by atoms with van der Waals surface area (Å²) in [5, 5.41) is 0. The molecule has 0 saturated heterocycles. The fraction of sp³-hybridized carbons (Fsp3) is 0.190. The molecular formula is C21H21NO6. The van der Waals surface area contributed by atoms with Crippen LogP contribution in [0.4, 0.5) is 0 Å². The molecule has 0 aliphatic rings. The highest BCUT2D eigenvalue weighted by Crippen LogP contribution is 2.22. The summed E-state index contributed by atoms with van der Waals surface area (Å²) in [5.41, 5.74) is -0.205. The summed E-state index contributed by atoms with van der Waals surface area (Å²) in [6.45, 7) is 4.35. The average Bonchev–Trinajstić information content (AvgIpc) is 2.66. The summed E-state index contributed by atoms with van der Waals surface area (Å²) in [6, 6.07) is 13.3. The van der Waals surface area contributed by atoms with Crippen molar-refractivity contribution in [1.29, 1.82) is 0 Å². The number of ether oxygens (including phenoxy) is 2. The van der Waals surface area contributed by atoms with Crippen molar-refractivity contribution >= 4 is 23.8 Å². The summed E-state index contributed by atoms with van der Waals surface area (Å²) in [5.74, 6) is 4.04. The lowest BCUT2D eigenvalue weighted by atomic mass is 10.1. The van der Waals surface area contributed by atoms with Gasteiger partial charge in [0.05, 0.1) is 5.56 Å². The molecule has 146 valence electrons. The van der Waals surface area contributed by atoms with Crippen molar-refractivity contribution in [3.8, 4) is 11.5 Å². The highest BCUT2D eigenvalue weighted by molar-refractivity contribution is 6.08. The average molecular weight is 383 g/mol. The molecule has 0 aromatic heterocycles. The first kappa shape index (κ1) is 20.9. The minimum atomic E-state index is -1.23. The first-order valence-electron chi connectivity index (χ1n) is 8.43. The maximum absolute atomic E-state index is 12.4. The Kier molecular flexibility index (Phi) is 6.68. The molecule has 7 heteroatoms. The maximum Gasteiger partial charge on any atom is 0.368 e. The van der Waals surface area contributed by atoms with E-state index in [0.717, 1.165) is 5.56 Å². The van der Waals surface area contributed by atoms with Crippen LogP contribution in [0.3, 0.4) is 0 Å². The van der Waals surface area contributed by atoms with Crippen LogP contribution < -0.4 is 15.4 Å². The van der Waals surface area contributed by atoms with Gasteiger partial charge in [0.15, 0.2) is 5.78 Å². The predicted molar refractivity (Wildman–Crippen MR) is 103 cm³/mol. The molecule has 2 aromatic rings. The number of ketones is 1. The Bertz CT molecular complexity index is 899. The molecule has 0 atom stereocenters. The number of hydrogen-bond donors (Lipinski definition) is 1. The number of esters is 1. The molecule has 2 aromatic carbocycles. The Morgan fingerprint density at radius 1 is 1.00 bits per heavy atom. The molecular weight excluding hydrogens is 362 g/mol. The maximum atomic E-state index is 12.4. The third-order valence-electron chi connectivity index (χ3n) is 3.69. The molecule has 28 heavy (non-hydrogen) atoms. The highest BCUT2D eigenvalue weighted by atomic mass is 16.7. The van der Waals surface area contributed by atoms with Crippen molar-refractivity contribution in [3.05, 3.63) is 65.7 Å². The van der Waals surface area contributed by atoms with Crippen LogP contribution >= 0.6 is 0 Å². The number of allylic oxidation sites excluding steroid dienone is 1. The van der Waals surface area contributed by atoms with Crippen LogP contribution in [0.1, 0.15) is 36.7 Å². The summed E-state index contributed by atoms with van der Waals surface area (Å²) in [6.07, 6.45) is 3.00. The summed E-state index contributed by atoms with van der Waals surface area (Å²) < 4.78 is 10.6. The largest absolute Gasteiger partial charge is 0.476 e. The minimum Gasteiger partial charge on any atom is -0.476 e. The van der Waals surface area contributed by atoms with Crippen molar-refractivity contribution in [2.24, 2.45) is 5.90 Å². The Balaban J connectivity index is 2.10. The van der Waals surface area contributed by atoms with Crippen LogP contribution in [-0.4, -0.2) is 23.3 Å². The van der Waals surface area contributed by atoms with E-state index < -0.39 is 17.5 Å². The van der Waals surface area contributed by atoms with Gasteiger partial charge in [0.25, 0.3) is 0 Å². The smallest absolute Gasteiger partial charge is 0.368 e. The third kappa shape index (κ3) is 5.52. The molecule has 0 radical (unpaired) electrons. The zero-order valence-corrected chi connectivity index (χ0v) is 15.8. The molecule has 0 amide bonds. The minimum absolute atomic E-state index is 0.211. The molecule has 0 aliphatic heterocycles. The van der Waals surface area contributed by atoms with E-state index in [2.05, 4.69) is 4.84 Å². The van der Waals surface area contributed by atoms with Crippen LogP contribution in [0, 0.1) is 0 Å². The molecule has 2 rings (SSSR count). The Hall–Kier alpha value is -3.45. The topological polar surface area (TPSA) is 105 Å². The van der Waals surface area contributed by atoms with Crippen LogP contribution in [0.2, 0.25) is 0 Å². The fourth-order valence-electron chi connectivity index (χ4n) is 2.30. The second-order valence-corrected chi connectivity index (χ2v) is 6.37. The second kappa shape index (κ2) is 8.96. The number of carbonyl (C=O) groups excluding carboxylic acids is 3. The standard InChI is InChI=1S/C21H21NO6/c1-14(23)26-19-7-5-4-6-17(19)18(24)13-10-15-8-11-16(12-9-15)27-21(2,3)20(25)28-22/h4-13H,22H2,1-3H3/b13-10+. The van der Waals surface area contributed by atoms with E-state index in [0.29, 0.717) is 5.75 Å². The van der Waals surface area contributed by atoms with Gasteiger partial charge in [-0.1, -0.05) is 30.3 Å². The van der Waals surface area contributed by atoms with Crippen molar-refractivity contribution in [2.75, 3.05) is 0 Å². The van der Waals surface area contributed by atoms with Gasteiger partial charge in [-0.15, -0.1) is 0 Å². The lowest BCUT2D eigenvalue weighted by molar-refractivity contribution is -0.159. The fourth-order valence-corrected chi connectivity index (χ4v) is 2.30. The Labute approximate surface area is 162 Å². The van der Waals surface area contributed by atoms with Crippen LogP contribution in [0.15, 0.2) is 54.6 Å². The van der Waals surface area contributed by atoms with Gasteiger partial charge in [0, 0.05) is 6.92 Å². The quantitative estimate of drug-likeness (QED) is 0.257. The van der Waals surface area contributed by atoms with Gasteiger partial charge < -0.3 is 14.3 Å². The van der Waals surface area contributed by atoms with E-state index in [-0.39, 0.29) is 17.1 Å². The Morgan fingerprint density at radius 3 is 2.25 bits per heavy atom. The van der Waals surface area contributed by atoms with E-state index in [1.54, 1.807) is 54.6 Å². The summed E-state index contributed by atoms with van der Waals surface area (Å²) in [4.78, 5) is 39.3. The molecule has 0 aliphatic carbocycles. The zero-order chi connectivity index (χ0) is 20.7. The normalized spacial score (nSPS) is 11.1. The highest BCUT2D eigenvalue weighted by Gasteiger charge is 2.31. The van der Waals surface area contributed by atoms with Crippen molar-refractivity contribution in [3.63, 3.8) is 0 Å². The second-order valence-electron chi connectivity index (χ2n) is 6.37. The zero-order valence-electron chi connectivity index (χ0n) is 15.8. The SMILES string of the molecule is CC(=O)Oc1ccccc1C(=O)/C=C/c1ccc(OC(C)(C)C(=O)ON)cc1. The van der Waals surface area contributed by atoms with E-state index >= 15 is 0 Å². The van der Waals surface area contributed by atoms with Gasteiger partial charge in [-0.25, -0.2) is 4.79 Å². The number of benzene rings is 2. The van der Waals surface area contributed by atoms with E-state index in [9.17, 15) is 14.4 Å². The van der Waals surface area contributed by atoms with E-state index in [4.69, 9.17) is 15.4 Å². The molecule has 0 unspecified atom stereocenters. The molecule has 0 saturated carbocycles. The molecule has 7 nitrogen and oxygen atoms in total. The lowest BCUT2D eigenvalue weighted by Crippen LogP contribution is -2.40. The Morgan fingerprint density at radius 2 is 1.64 bits per heavy atom. The van der Waals surface area contributed by atoms with Gasteiger partial charge in [-0.05, 0) is 49.8 Å². The van der Waals surface area contributed by atoms with Crippen molar-refractivity contribution in [1.82, 2.24) is 0 Å². The van der Waals surface area contributed by atoms with Gasteiger partial charge in [0.1, 0.15) is 11.5 Å². The van der Waals surface area contributed by atoms with E-state index in [1.807, 2.05) is 0 Å². The predicted octanol–water partition coefficient (Wildman–Crippen LogP) is 3.08. The number of para-hydroxylation sites is 1. The van der Waals surface area contributed by atoms with Gasteiger partial charge >= 0.3 is 11.9 Å². The van der Waals surface area contributed by atoms with Gasteiger partial charge in [0.2, 0.25) is 5.60 Å². The molecule has 0 spiro atoms. The monoisotopic (exact) mass is 383 g/mol. The molecule has 0 fully saturated rings. The third-order valence-corrected chi connectivity index (χ3v) is 3.69. The van der Waals surface area contributed by atoms with Crippen molar-refractivity contribution in [2.45, 2.75) is 26.4 Å². The number of hydrogen-bond acceptors (Lipinski definition) is 7. The van der Waals surface area contributed by atoms with Crippen LogP contribution in [0.25, 0.3) is 6.08 Å². The number of carbonyl (C=O) groups is 3. The number of nitrogens with two attached hydrogens (primary N) is 1.